The van der Waals surface area contributed by atoms with Crippen LogP contribution in [-0.4, -0.2) is 84.7 Å². The predicted octanol–water partition coefficient (Wildman–Crippen LogP) is 2.42. The number of hydrogen-bond donors (Lipinski definition) is 2. The summed E-state index contributed by atoms with van der Waals surface area (Å²) in [5, 5.41) is 11.6. The van der Waals surface area contributed by atoms with E-state index in [1.54, 1.807) is 17.0 Å². The number of carbonyl (C=O) groups is 2. The van der Waals surface area contributed by atoms with Crippen LogP contribution in [0.1, 0.15) is 56.0 Å². The number of aliphatic imine (C=N–C) groups is 2. The number of aliphatic hydroxyl groups is 1. The molecule has 2 amide bonds. The number of rotatable bonds is 8. The monoisotopic (exact) mass is 458 g/mol. The molecule has 0 bridgehead atoms. The maximum Gasteiger partial charge on any atom is 0.410 e. The average Bonchev–Trinajstić information content (AvgIpc) is 3.26. The van der Waals surface area contributed by atoms with Gasteiger partial charge in [-0.15, -0.1) is 0 Å². The highest BCUT2D eigenvalue weighted by Gasteiger charge is 2.27. The van der Waals surface area contributed by atoms with Gasteiger partial charge in [0.25, 0.3) is 5.91 Å². The van der Waals surface area contributed by atoms with Crippen LogP contribution in [0.2, 0.25) is 0 Å². The Labute approximate surface area is 194 Å². The molecule has 0 aromatic heterocycles. The molecule has 0 unspecified atom stereocenters. The van der Waals surface area contributed by atoms with Crippen LogP contribution in [0.4, 0.5) is 4.79 Å². The van der Waals surface area contributed by atoms with E-state index in [-0.39, 0.29) is 24.7 Å². The van der Waals surface area contributed by atoms with Crippen LogP contribution in [0, 0.1) is 0 Å². The molecule has 2 heterocycles. The van der Waals surface area contributed by atoms with E-state index in [4.69, 9.17) is 14.6 Å². The predicted molar refractivity (Wildman–Crippen MR) is 126 cm³/mol. The smallest absolute Gasteiger partial charge is 0.410 e. The number of benzene rings is 1. The Morgan fingerprint density at radius 2 is 1.88 bits per heavy atom. The summed E-state index contributed by atoms with van der Waals surface area (Å²) in [7, 11) is 0. The number of ether oxygens (including phenoxy) is 2. The fourth-order valence-electron chi connectivity index (χ4n) is 3.55. The first kappa shape index (κ1) is 24.9. The van der Waals surface area contributed by atoms with Crippen molar-refractivity contribution in [1.82, 2.24) is 10.2 Å². The molecule has 0 saturated carbocycles. The first-order valence-corrected chi connectivity index (χ1v) is 11.4. The van der Waals surface area contributed by atoms with Gasteiger partial charge in [0.05, 0.1) is 18.4 Å². The quantitative estimate of drug-likeness (QED) is 0.581. The highest BCUT2D eigenvalue weighted by molar-refractivity contribution is 6.13. The first-order valence-electron chi connectivity index (χ1n) is 11.4. The molecule has 1 aromatic carbocycles. The van der Waals surface area contributed by atoms with Crippen molar-refractivity contribution in [2.75, 3.05) is 39.4 Å². The third-order valence-electron chi connectivity index (χ3n) is 5.32. The van der Waals surface area contributed by atoms with Crippen LogP contribution in [0.25, 0.3) is 0 Å². The van der Waals surface area contributed by atoms with Crippen molar-refractivity contribution in [3.63, 3.8) is 0 Å². The fourth-order valence-corrected chi connectivity index (χ4v) is 3.55. The molecule has 2 N–H and O–H groups in total. The standard InChI is InChI=1S/C24H34N4O5/c1-24(2,3)33-23(31)28-12-9-19(10-13-28)32-16-21-26-15-20(27-21)17-5-7-18(8-6-17)22(30)25-11-4-14-29/h5-8,19,29H,4,9-16H2,1-3H3,(H,25,30). The second-order valence-electron chi connectivity index (χ2n) is 9.18. The van der Waals surface area contributed by atoms with E-state index in [1.807, 2.05) is 32.9 Å². The molecule has 1 saturated heterocycles. The van der Waals surface area contributed by atoms with Gasteiger partial charge in [0.2, 0.25) is 0 Å². The molecule has 2 aliphatic heterocycles. The summed E-state index contributed by atoms with van der Waals surface area (Å²) in [6.07, 6.45) is 1.83. The molecule has 2 aliphatic rings. The van der Waals surface area contributed by atoms with Gasteiger partial charge in [-0.1, -0.05) is 12.1 Å². The molecule has 9 heteroatoms. The van der Waals surface area contributed by atoms with Gasteiger partial charge in [0, 0.05) is 31.8 Å². The number of piperidine rings is 1. The summed E-state index contributed by atoms with van der Waals surface area (Å²) in [6, 6.07) is 7.26. The minimum Gasteiger partial charge on any atom is -0.444 e. The molecule has 9 nitrogen and oxygen atoms in total. The highest BCUT2D eigenvalue weighted by atomic mass is 16.6. The fraction of sp³-hybridized carbons (Fsp3) is 0.583. The third-order valence-corrected chi connectivity index (χ3v) is 5.32. The molecule has 0 atom stereocenters. The lowest BCUT2D eigenvalue weighted by Gasteiger charge is -2.33. The molecule has 0 aliphatic carbocycles. The minimum absolute atomic E-state index is 0.0519. The van der Waals surface area contributed by atoms with Gasteiger partial charge in [-0.3, -0.25) is 9.79 Å². The molecular formula is C24H34N4O5. The van der Waals surface area contributed by atoms with Crippen molar-refractivity contribution in [1.29, 1.82) is 0 Å². The summed E-state index contributed by atoms with van der Waals surface area (Å²) in [6.45, 7) is 8.14. The van der Waals surface area contributed by atoms with Crippen LogP contribution >= 0.6 is 0 Å². The number of likely N-dealkylation sites (tertiary alicyclic amines) is 1. The van der Waals surface area contributed by atoms with Gasteiger partial charge >= 0.3 is 6.09 Å². The third kappa shape index (κ3) is 7.64. The Bertz CT molecular complexity index is 881. The molecule has 0 radical (unpaired) electrons. The first-order chi connectivity index (χ1) is 15.7. The minimum atomic E-state index is -0.492. The van der Waals surface area contributed by atoms with Crippen molar-refractivity contribution in [2.24, 2.45) is 9.98 Å². The van der Waals surface area contributed by atoms with E-state index in [9.17, 15) is 9.59 Å². The molecule has 180 valence electrons. The number of amides is 2. The molecular weight excluding hydrogens is 424 g/mol. The summed E-state index contributed by atoms with van der Waals surface area (Å²) in [4.78, 5) is 35.0. The zero-order valence-electron chi connectivity index (χ0n) is 19.7. The van der Waals surface area contributed by atoms with Gasteiger partial charge in [-0.05, 0) is 57.7 Å². The van der Waals surface area contributed by atoms with Crippen molar-refractivity contribution in [2.45, 2.75) is 51.7 Å². The van der Waals surface area contributed by atoms with Crippen LogP contribution in [0.5, 0.6) is 0 Å². The van der Waals surface area contributed by atoms with Gasteiger partial charge < -0.3 is 24.8 Å². The van der Waals surface area contributed by atoms with E-state index in [0.717, 1.165) is 24.1 Å². The van der Waals surface area contributed by atoms with E-state index in [2.05, 4.69) is 15.3 Å². The molecule has 3 rings (SSSR count). The van der Waals surface area contributed by atoms with E-state index in [0.29, 0.717) is 50.6 Å². The average molecular weight is 459 g/mol. The topological polar surface area (TPSA) is 113 Å². The van der Waals surface area contributed by atoms with Crippen molar-refractivity contribution in [3.8, 4) is 0 Å². The Hall–Kier alpha value is -2.78. The summed E-state index contributed by atoms with van der Waals surface area (Å²) in [5.74, 6) is 0.497. The molecule has 1 fully saturated rings. The normalized spacial score (nSPS) is 16.9. The van der Waals surface area contributed by atoms with Gasteiger partial charge in [0.15, 0.2) is 0 Å². The lowest BCUT2D eigenvalue weighted by atomic mass is 10.1. The van der Waals surface area contributed by atoms with Crippen LogP contribution in [0.15, 0.2) is 34.3 Å². The van der Waals surface area contributed by atoms with Crippen molar-refractivity contribution in [3.05, 3.63) is 35.4 Å². The largest absolute Gasteiger partial charge is 0.444 e. The number of nitrogens with zero attached hydrogens (tertiary/aromatic N) is 3. The van der Waals surface area contributed by atoms with Gasteiger partial charge in [-0.2, -0.15) is 0 Å². The molecule has 1 aromatic rings. The molecule has 33 heavy (non-hydrogen) atoms. The highest BCUT2D eigenvalue weighted by Crippen LogP contribution is 2.18. The number of carbonyl (C=O) groups excluding carboxylic acids is 2. The summed E-state index contributed by atoms with van der Waals surface area (Å²) < 4.78 is 11.4. The Morgan fingerprint density at radius 1 is 1.18 bits per heavy atom. The van der Waals surface area contributed by atoms with Crippen LogP contribution in [0.3, 0.4) is 0 Å². The number of nitrogens with one attached hydrogen (secondary N) is 1. The van der Waals surface area contributed by atoms with E-state index >= 15 is 0 Å². The maximum atomic E-state index is 12.2. The van der Waals surface area contributed by atoms with E-state index < -0.39 is 5.60 Å². The zero-order valence-corrected chi connectivity index (χ0v) is 19.7. The Balaban J connectivity index is 1.42. The Kier molecular flexibility index (Phi) is 8.57. The second kappa shape index (κ2) is 11.4. The van der Waals surface area contributed by atoms with Crippen molar-refractivity contribution >= 4 is 23.5 Å². The maximum absolute atomic E-state index is 12.2. The summed E-state index contributed by atoms with van der Waals surface area (Å²) >= 11 is 0. The SMILES string of the molecule is CC(C)(C)OC(=O)N1CCC(OCC2=NCC(c3ccc(C(=O)NCCCO)cc3)=N2)CC1. The lowest BCUT2D eigenvalue weighted by molar-refractivity contribution is -0.00291. The lowest BCUT2D eigenvalue weighted by Crippen LogP contribution is -2.43. The zero-order chi connectivity index (χ0) is 23.8. The number of hydrogen-bond acceptors (Lipinski definition) is 7. The van der Waals surface area contributed by atoms with E-state index in [1.165, 1.54) is 0 Å². The van der Waals surface area contributed by atoms with Gasteiger partial charge in [0.1, 0.15) is 18.0 Å². The Morgan fingerprint density at radius 3 is 2.52 bits per heavy atom. The summed E-state index contributed by atoms with van der Waals surface area (Å²) in [5.41, 5.74) is 1.85. The van der Waals surface area contributed by atoms with Crippen LogP contribution in [-0.2, 0) is 9.47 Å². The van der Waals surface area contributed by atoms with Gasteiger partial charge in [-0.25, -0.2) is 9.79 Å². The number of amidine groups is 1. The molecule has 0 spiro atoms. The number of aliphatic hydroxyl groups excluding tert-OH is 1. The van der Waals surface area contributed by atoms with Crippen LogP contribution < -0.4 is 5.32 Å². The van der Waals surface area contributed by atoms with Crippen molar-refractivity contribution < 1.29 is 24.2 Å². The second-order valence-corrected chi connectivity index (χ2v) is 9.18.